The molecule has 5 heteroatoms. The number of halogens is 1. The number of nitrogens with zero attached hydrogens (tertiary/aromatic N) is 1. The first kappa shape index (κ1) is 16.6. The highest BCUT2D eigenvalue weighted by Gasteiger charge is 2.28. The highest BCUT2D eigenvalue weighted by atomic mass is 79.9. The Kier molecular flexibility index (Phi) is 5.90. The van der Waals surface area contributed by atoms with Crippen molar-refractivity contribution in [1.29, 1.82) is 0 Å². The van der Waals surface area contributed by atoms with E-state index in [1.54, 1.807) is 6.07 Å². The van der Waals surface area contributed by atoms with Crippen molar-refractivity contribution >= 4 is 15.9 Å². The summed E-state index contributed by atoms with van der Waals surface area (Å²) in [7, 11) is 1.54. The lowest BCUT2D eigenvalue weighted by atomic mass is 9.88. The second-order valence-electron chi connectivity index (χ2n) is 5.71. The van der Waals surface area contributed by atoms with Crippen LogP contribution in [0.4, 0.5) is 0 Å². The Bertz CT molecular complexity index is 481. The number of phenols is 1. The molecular formula is C16H24BrNO3. The second-order valence-corrected chi connectivity index (χ2v) is 6.50. The van der Waals surface area contributed by atoms with E-state index in [9.17, 15) is 10.2 Å². The maximum Gasteiger partial charge on any atom is 0.172 e. The summed E-state index contributed by atoms with van der Waals surface area (Å²) in [5, 5.41) is 20.3. The summed E-state index contributed by atoms with van der Waals surface area (Å²) in [6.07, 6.45) is 2.44. The summed E-state index contributed by atoms with van der Waals surface area (Å²) >= 11 is 3.44. The molecule has 0 aliphatic carbocycles. The standard InChI is InChI=1S/C16H24BrNO3/c1-3-7-18-8-6-13(19)12(10-18)9-11-4-5-14(21-2)16(20)15(11)17/h4-5,12-13,19-20H,3,6-10H2,1-2H3. The van der Waals surface area contributed by atoms with Gasteiger partial charge in [-0.1, -0.05) is 13.0 Å². The quantitative estimate of drug-likeness (QED) is 0.850. The van der Waals surface area contributed by atoms with Crippen LogP contribution in [0, 0.1) is 5.92 Å². The molecule has 1 heterocycles. The van der Waals surface area contributed by atoms with E-state index in [0.717, 1.165) is 44.5 Å². The molecule has 0 spiro atoms. The zero-order valence-corrected chi connectivity index (χ0v) is 14.3. The van der Waals surface area contributed by atoms with Crippen molar-refractivity contribution < 1.29 is 14.9 Å². The van der Waals surface area contributed by atoms with Crippen LogP contribution < -0.4 is 4.74 Å². The van der Waals surface area contributed by atoms with E-state index in [-0.39, 0.29) is 17.8 Å². The van der Waals surface area contributed by atoms with Crippen molar-refractivity contribution in [3.63, 3.8) is 0 Å². The third-order valence-corrected chi connectivity index (χ3v) is 5.06. The molecule has 1 saturated heterocycles. The lowest BCUT2D eigenvalue weighted by Gasteiger charge is -2.36. The maximum absolute atomic E-state index is 10.2. The molecule has 118 valence electrons. The van der Waals surface area contributed by atoms with E-state index in [1.165, 1.54) is 7.11 Å². The molecule has 2 rings (SSSR count). The smallest absolute Gasteiger partial charge is 0.172 e. The van der Waals surface area contributed by atoms with E-state index in [4.69, 9.17) is 4.74 Å². The topological polar surface area (TPSA) is 52.9 Å². The highest BCUT2D eigenvalue weighted by molar-refractivity contribution is 9.10. The third-order valence-electron chi connectivity index (χ3n) is 4.18. The number of methoxy groups -OCH3 is 1. The van der Waals surface area contributed by atoms with E-state index in [2.05, 4.69) is 27.8 Å². The van der Waals surface area contributed by atoms with Gasteiger partial charge in [0.2, 0.25) is 0 Å². The van der Waals surface area contributed by atoms with Crippen molar-refractivity contribution in [1.82, 2.24) is 4.90 Å². The molecule has 1 aromatic carbocycles. The minimum atomic E-state index is -0.269. The Labute approximate surface area is 134 Å². The first-order valence-corrected chi connectivity index (χ1v) is 8.30. The number of benzene rings is 1. The molecule has 0 radical (unpaired) electrons. The number of ether oxygens (including phenoxy) is 1. The Morgan fingerprint density at radius 2 is 2.19 bits per heavy atom. The lowest BCUT2D eigenvalue weighted by Crippen LogP contribution is -2.44. The average Bonchev–Trinajstić information content (AvgIpc) is 2.48. The van der Waals surface area contributed by atoms with Crippen molar-refractivity contribution in [3.8, 4) is 11.5 Å². The summed E-state index contributed by atoms with van der Waals surface area (Å²) in [6, 6.07) is 3.72. The van der Waals surface area contributed by atoms with Gasteiger partial charge in [-0.05, 0) is 53.4 Å². The van der Waals surface area contributed by atoms with Gasteiger partial charge in [-0.2, -0.15) is 0 Å². The Morgan fingerprint density at radius 1 is 1.43 bits per heavy atom. The number of likely N-dealkylation sites (tertiary alicyclic amines) is 1. The molecule has 2 unspecified atom stereocenters. The Balaban J connectivity index is 2.11. The van der Waals surface area contributed by atoms with Gasteiger partial charge in [0.15, 0.2) is 11.5 Å². The van der Waals surface area contributed by atoms with Crippen LogP contribution >= 0.6 is 15.9 Å². The minimum Gasteiger partial charge on any atom is -0.503 e. The van der Waals surface area contributed by atoms with E-state index in [0.29, 0.717) is 10.2 Å². The van der Waals surface area contributed by atoms with Crippen molar-refractivity contribution in [2.45, 2.75) is 32.3 Å². The number of phenolic OH excluding ortho intramolecular Hbond substituents is 1. The van der Waals surface area contributed by atoms with Crippen molar-refractivity contribution in [2.75, 3.05) is 26.7 Å². The molecule has 0 bridgehead atoms. The van der Waals surface area contributed by atoms with Gasteiger partial charge in [0.25, 0.3) is 0 Å². The van der Waals surface area contributed by atoms with Crippen molar-refractivity contribution in [3.05, 3.63) is 22.2 Å². The van der Waals surface area contributed by atoms with Gasteiger partial charge < -0.3 is 19.8 Å². The molecule has 2 atom stereocenters. The van der Waals surface area contributed by atoms with Crippen LogP contribution in [0.3, 0.4) is 0 Å². The summed E-state index contributed by atoms with van der Waals surface area (Å²) in [5.74, 6) is 0.794. The molecule has 4 nitrogen and oxygen atoms in total. The molecule has 0 aromatic heterocycles. The van der Waals surface area contributed by atoms with Crippen molar-refractivity contribution in [2.24, 2.45) is 5.92 Å². The molecule has 1 fully saturated rings. The second kappa shape index (κ2) is 7.47. The van der Waals surface area contributed by atoms with Gasteiger partial charge in [0.05, 0.1) is 17.7 Å². The maximum atomic E-state index is 10.2. The number of aliphatic hydroxyl groups is 1. The fourth-order valence-electron chi connectivity index (χ4n) is 3.01. The fraction of sp³-hybridized carbons (Fsp3) is 0.625. The first-order valence-electron chi connectivity index (χ1n) is 7.51. The van der Waals surface area contributed by atoms with E-state index < -0.39 is 0 Å². The summed E-state index contributed by atoms with van der Waals surface area (Å²) in [4.78, 5) is 2.41. The molecule has 1 aliphatic heterocycles. The van der Waals surface area contributed by atoms with E-state index in [1.807, 2.05) is 6.07 Å². The first-order chi connectivity index (χ1) is 10.1. The molecule has 1 aliphatic rings. The SMILES string of the molecule is CCCN1CCC(O)C(Cc2ccc(OC)c(O)c2Br)C1. The van der Waals surface area contributed by atoms with Crippen LogP contribution in [0.25, 0.3) is 0 Å². The van der Waals surface area contributed by atoms with Crippen LogP contribution in [0.5, 0.6) is 11.5 Å². The number of rotatable bonds is 5. The van der Waals surface area contributed by atoms with Gasteiger partial charge in [-0.3, -0.25) is 0 Å². The van der Waals surface area contributed by atoms with Gasteiger partial charge in [-0.25, -0.2) is 0 Å². The lowest BCUT2D eigenvalue weighted by molar-refractivity contribution is 0.0269. The molecule has 21 heavy (non-hydrogen) atoms. The Morgan fingerprint density at radius 3 is 2.86 bits per heavy atom. The fourth-order valence-corrected chi connectivity index (χ4v) is 3.50. The van der Waals surface area contributed by atoms with E-state index >= 15 is 0 Å². The van der Waals surface area contributed by atoms with Crippen LogP contribution in [-0.2, 0) is 6.42 Å². The molecule has 2 N–H and O–H groups in total. The molecule has 0 amide bonds. The minimum absolute atomic E-state index is 0.130. The molecule has 1 aromatic rings. The molecule has 0 saturated carbocycles. The monoisotopic (exact) mass is 357 g/mol. The zero-order chi connectivity index (χ0) is 15.4. The number of aliphatic hydroxyl groups excluding tert-OH is 1. The number of hydrogen-bond acceptors (Lipinski definition) is 4. The summed E-state index contributed by atoms with van der Waals surface area (Å²) in [6.45, 7) is 5.14. The predicted molar refractivity (Wildman–Crippen MR) is 86.9 cm³/mol. The van der Waals surface area contributed by atoms with Crippen LogP contribution in [0.1, 0.15) is 25.3 Å². The average molecular weight is 358 g/mol. The predicted octanol–water partition coefficient (Wildman–Crippen LogP) is 2.80. The number of aromatic hydroxyl groups is 1. The number of piperidine rings is 1. The molecular weight excluding hydrogens is 334 g/mol. The highest BCUT2D eigenvalue weighted by Crippen LogP contribution is 2.38. The largest absolute Gasteiger partial charge is 0.503 e. The van der Waals surface area contributed by atoms with Gasteiger partial charge in [0.1, 0.15) is 0 Å². The Hall–Kier alpha value is -0.780. The normalized spacial score (nSPS) is 23.2. The van der Waals surface area contributed by atoms with Crippen LogP contribution in [-0.4, -0.2) is 48.0 Å². The van der Waals surface area contributed by atoms with Crippen LogP contribution in [0.2, 0.25) is 0 Å². The van der Waals surface area contributed by atoms with Gasteiger partial charge in [0, 0.05) is 19.0 Å². The number of hydrogen-bond donors (Lipinski definition) is 2. The third kappa shape index (κ3) is 3.90. The van der Waals surface area contributed by atoms with Gasteiger partial charge >= 0.3 is 0 Å². The summed E-state index contributed by atoms with van der Waals surface area (Å²) < 4.78 is 5.77. The van der Waals surface area contributed by atoms with Crippen LogP contribution in [0.15, 0.2) is 16.6 Å². The zero-order valence-electron chi connectivity index (χ0n) is 12.7. The van der Waals surface area contributed by atoms with Gasteiger partial charge in [-0.15, -0.1) is 0 Å². The summed E-state index contributed by atoms with van der Waals surface area (Å²) in [5.41, 5.74) is 1.01.